The van der Waals surface area contributed by atoms with Crippen molar-refractivity contribution in [3.63, 3.8) is 0 Å². The maximum Gasteiger partial charge on any atom is 0.229 e. The number of nitrogens with one attached hydrogen (secondary N) is 1. The van der Waals surface area contributed by atoms with Crippen molar-refractivity contribution in [2.45, 2.75) is 38.6 Å². The second-order valence-electron chi connectivity index (χ2n) is 5.94. The van der Waals surface area contributed by atoms with Gasteiger partial charge in [-0.2, -0.15) is 0 Å². The SMILES string of the molecule is Cc1ccc(NC(=O)C2CCCCC2N)cc1N(C)C. The number of nitrogens with two attached hydrogens (primary N) is 1. The topological polar surface area (TPSA) is 58.4 Å². The molecule has 0 spiro atoms. The number of benzene rings is 1. The third-order valence-corrected chi connectivity index (χ3v) is 4.11. The zero-order chi connectivity index (χ0) is 14.7. The Morgan fingerprint density at radius 2 is 2.00 bits per heavy atom. The minimum absolute atomic E-state index is 0.00233. The summed E-state index contributed by atoms with van der Waals surface area (Å²) in [4.78, 5) is 14.4. The van der Waals surface area contributed by atoms with Crippen LogP contribution in [-0.2, 0) is 4.79 Å². The molecule has 0 aromatic heterocycles. The number of nitrogens with zero attached hydrogens (tertiary/aromatic N) is 1. The van der Waals surface area contributed by atoms with E-state index in [1.807, 2.05) is 32.3 Å². The van der Waals surface area contributed by atoms with Crippen molar-refractivity contribution in [2.75, 3.05) is 24.3 Å². The summed E-state index contributed by atoms with van der Waals surface area (Å²) in [6, 6.07) is 6.00. The molecule has 2 atom stereocenters. The predicted octanol–water partition coefficient (Wildman–Crippen LogP) is 2.52. The number of hydrogen-bond acceptors (Lipinski definition) is 3. The molecule has 1 amide bonds. The lowest BCUT2D eigenvalue weighted by Crippen LogP contribution is -2.40. The first-order valence-electron chi connectivity index (χ1n) is 7.33. The maximum absolute atomic E-state index is 12.3. The molecular weight excluding hydrogens is 250 g/mol. The van der Waals surface area contributed by atoms with E-state index < -0.39 is 0 Å². The Labute approximate surface area is 121 Å². The van der Waals surface area contributed by atoms with Gasteiger partial charge in [0.05, 0.1) is 5.92 Å². The second kappa shape index (κ2) is 6.27. The highest BCUT2D eigenvalue weighted by Crippen LogP contribution is 2.26. The molecule has 3 N–H and O–H groups in total. The zero-order valence-electron chi connectivity index (χ0n) is 12.6. The fraction of sp³-hybridized carbons (Fsp3) is 0.562. The zero-order valence-corrected chi connectivity index (χ0v) is 12.6. The molecule has 0 heterocycles. The van der Waals surface area contributed by atoms with Crippen molar-refractivity contribution in [1.82, 2.24) is 0 Å². The fourth-order valence-corrected chi connectivity index (χ4v) is 2.89. The molecule has 1 aromatic rings. The first-order valence-corrected chi connectivity index (χ1v) is 7.33. The molecule has 1 aromatic carbocycles. The molecule has 4 heteroatoms. The molecule has 0 saturated heterocycles. The summed E-state index contributed by atoms with van der Waals surface area (Å²) in [6.07, 6.45) is 4.09. The van der Waals surface area contributed by atoms with Crippen LogP contribution >= 0.6 is 0 Å². The van der Waals surface area contributed by atoms with Gasteiger partial charge in [0.15, 0.2) is 0 Å². The maximum atomic E-state index is 12.3. The lowest BCUT2D eigenvalue weighted by molar-refractivity contribution is -0.121. The average Bonchev–Trinajstić information content (AvgIpc) is 2.41. The average molecular weight is 275 g/mol. The molecule has 1 saturated carbocycles. The largest absolute Gasteiger partial charge is 0.377 e. The van der Waals surface area contributed by atoms with E-state index in [-0.39, 0.29) is 17.9 Å². The van der Waals surface area contributed by atoms with Crippen LogP contribution in [0.4, 0.5) is 11.4 Å². The van der Waals surface area contributed by atoms with Crippen molar-refractivity contribution in [3.8, 4) is 0 Å². The Morgan fingerprint density at radius 1 is 1.30 bits per heavy atom. The van der Waals surface area contributed by atoms with Crippen LogP contribution in [0.5, 0.6) is 0 Å². The molecule has 1 aliphatic carbocycles. The highest BCUT2D eigenvalue weighted by atomic mass is 16.1. The van der Waals surface area contributed by atoms with Crippen molar-refractivity contribution in [2.24, 2.45) is 11.7 Å². The summed E-state index contributed by atoms with van der Waals surface area (Å²) < 4.78 is 0. The van der Waals surface area contributed by atoms with E-state index in [0.29, 0.717) is 0 Å². The van der Waals surface area contributed by atoms with Gasteiger partial charge >= 0.3 is 0 Å². The van der Waals surface area contributed by atoms with Crippen LogP contribution in [0.25, 0.3) is 0 Å². The van der Waals surface area contributed by atoms with Gasteiger partial charge in [0.1, 0.15) is 0 Å². The Balaban J connectivity index is 2.09. The first kappa shape index (κ1) is 14.9. The van der Waals surface area contributed by atoms with Crippen molar-refractivity contribution >= 4 is 17.3 Å². The molecule has 110 valence electrons. The molecular formula is C16H25N3O. The molecule has 2 rings (SSSR count). The van der Waals surface area contributed by atoms with Crippen LogP contribution in [0.3, 0.4) is 0 Å². The molecule has 0 bridgehead atoms. The molecule has 0 radical (unpaired) electrons. The van der Waals surface area contributed by atoms with Crippen molar-refractivity contribution in [1.29, 1.82) is 0 Å². The van der Waals surface area contributed by atoms with Crippen molar-refractivity contribution in [3.05, 3.63) is 23.8 Å². The number of carbonyl (C=O) groups is 1. The van der Waals surface area contributed by atoms with Gasteiger partial charge in [0.25, 0.3) is 0 Å². The van der Waals surface area contributed by atoms with Crippen molar-refractivity contribution < 1.29 is 4.79 Å². The highest BCUT2D eigenvalue weighted by Gasteiger charge is 2.28. The summed E-state index contributed by atoms with van der Waals surface area (Å²) in [6.45, 7) is 2.07. The van der Waals surface area contributed by atoms with E-state index in [4.69, 9.17) is 5.73 Å². The molecule has 1 aliphatic rings. The third-order valence-electron chi connectivity index (χ3n) is 4.11. The first-order chi connectivity index (χ1) is 9.49. The van der Waals surface area contributed by atoms with Gasteiger partial charge < -0.3 is 16.0 Å². The number of rotatable bonds is 3. The standard InChI is InChI=1S/C16H25N3O/c1-11-8-9-12(10-15(11)19(2)3)18-16(20)13-6-4-5-7-14(13)17/h8-10,13-14H,4-7,17H2,1-3H3,(H,18,20). The number of hydrogen-bond donors (Lipinski definition) is 2. The molecule has 2 unspecified atom stereocenters. The Bertz CT molecular complexity index is 485. The van der Waals surface area contributed by atoms with E-state index in [1.54, 1.807) is 0 Å². The van der Waals surface area contributed by atoms with Gasteiger partial charge in [0.2, 0.25) is 5.91 Å². The van der Waals surface area contributed by atoms with Crippen LogP contribution in [0.15, 0.2) is 18.2 Å². The number of amides is 1. The lowest BCUT2D eigenvalue weighted by Gasteiger charge is -2.27. The summed E-state index contributed by atoms with van der Waals surface area (Å²) in [7, 11) is 4.01. The monoisotopic (exact) mass is 275 g/mol. The Morgan fingerprint density at radius 3 is 2.65 bits per heavy atom. The summed E-state index contributed by atoms with van der Waals surface area (Å²) in [5.41, 5.74) is 9.23. The van der Waals surface area contributed by atoms with E-state index >= 15 is 0 Å². The van der Waals surface area contributed by atoms with E-state index in [2.05, 4.69) is 17.1 Å². The minimum Gasteiger partial charge on any atom is -0.377 e. The van der Waals surface area contributed by atoms with Gasteiger partial charge in [-0.3, -0.25) is 4.79 Å². The van der Waals surface area contributed by atoms with Gasteiger partial charge in [-0.15, -0.1) is 0 Å². The summed E-state index contributed by atoms with van der Waals surface area (Å²) in [5.74, 6) is 0.0126. The summed E-state index contributed by atoms with van der Waals surface area (Å²) >= 11 is 0. The Kier molecular flexibility index (Phi) is 4.65. The second-order valence-corrected chi connectivity index (χ2v) is 5.94. The van der Waals surface area contributed by atoms with Crippen LogP contribution in [-0.4, -0.2) is 26.0 Å². The lowest BCUT2D eigenvalue weighted by atomic mass is 9.84. The normalized spacial score (nSPS) is 22.4. The third kappa shape index (κ3) is 3.31. The Hall–Kier alpha value is -1.55. The van der Waals surface area contributed by atoms with E-state index in [9.17, 15) is 4.79 Å². The quantitative estimate of drug-likeness (QED) is 0.891. The number of aryl methyl sites for hydroxylation is 1. The smallest absolute Gasteiger partial charge is 0.229 e. The molecule has 4 nitrogen and oxygen atoms in total. The van der Waals surface area contributed by atoms with E-state index in [1.165, 1.54) is 5.56 Å². The van der Waals surface area contributed by atoms with Crippen LogP contribution in [0.1, 0.15) is 31.2 Å². The fourth-order valence-electron chi connectivity index (χ4n) is 2.89. The van der Waals surface area contributed by atoms with Gasteiger partial charge in [-0.1, -0.05) is 18.9 Å². The van der Waals surface area contributed by atoms with Crippen LogP contribution < -0.4 is 16.0 Å². The van der Waals surface area contributed by atoms with Gasteiger partial charge in [-0.25, -0.2) is 0 Å². The molecule has 20 heavy (non-hydrogen) atoms. The predicted molar refractivity (Wildman–Crippen MR) is 84.1 cm³/mol. The van der Waals surface area contributed by atoms with E-state index in [0.717, 1.165) is 37.1 Å². The number of anilines is 2. The highest BCUT2D eigenvalue weighted by molar-refractivity contribution is 5.93. The number of carbonyl (C=O) groups excluding carboxylic acids is 1. The van der Waals surface area contributed by atoms with Gasteiger partial charge in [-0.05, 0) is 37.5 Å². The van der Waals surface area contributed by atoms with Gasteiger partial charge in [0, 0.05) is 31.5 Å². The van der Waals surface area contributed by atoms with Crippen LogP contribution in [0.2, 0.25) is 0 Å². The minimum atomic E-state index is -0.0483. The molecule has 1 fully saturated rings. The van der Waals surface area contributed by atoms with Crippen LogP contribution in [0, 0.1) is 12.8 Å². The molecule has 0 aliphatic heterocycles. The summed E-state index contributed by atoms with van der Waals surface area (Å²) in [5, 5.41) is 3.02.